The van der Waals surface area contributed by atoms with Crippen molar-refractivity contribution in [3.8, 4) is 0 Å². The van der Waals surface area contributed by atoms with E-state index in [1.54, 1.807) is 11.3 Å². The number of hydrogen-bond donors (Lipinski definition) is 2. The van der Waals surface area contributed by atoms with Gasteiger partial charge in [-0.15, -0.1) is 11.3 Å². The molecule has 3 aliphatic carbocycles. The fraction of sp³-hybridized carbons (Fsp3) is 0.706. The molecule has 120 valence electrons. The van der Waals surface area contributed by atoms with E-state index in [1.165, 1.54) is 34.3 Å². The molecule has 3 atom stereocenters. The molecule has 1 amide bonds. The Balaban J connectivity index is 1.44. The van der Waals surface area contributed by atoms with Crippen molar-refractivity contribution >= 4 is 33.2 Å². The van der Waals surface area contributed by atoms with Crippen LogP contribution < -0.4 is 11.1 Å². The summed E-state index contributed by atoms with van der Waals surface area (Å²) in [4.78, 5) is 14.1. The highest BCUT2D eigenvalue weighted by molar-refractivity contribution is 9.11. The summed E-state index contributed by atoms with van der Waals surface area (Å²) in [5.41, 5.74) is 6.06. The van der Waals surface area contributed by atoms with Crippen molar-refractivity contribution in [3.05, 3.63) is 20.8 Å². The van der Waals surface area contributed by atoms with Crippen molar-refractivity contribution in [1.82, 2.24) is 5.32 Å². The third kappa shape index (κ3) is 2.36. The molecule has 0 saturated heterocycles. The molecule has 0 bridgehead atoms. The van der Waals surface area contributed by atoms with E-state index in [0.717, 1.165) is 31.7 Å². The van der Waals surface area contributed by atoms with Crippen LogP contribution in [0.1, 0.15) is 49.8 Å². The number of carbonyl (C=O) groups excluding carboxylic acids is 1. The third-order valence-corrected chi connectivity index (χ3v) is 8.04. The quantitative estimate of drug-likeness (QED) is 0.835. The van der Waals surface area contributed by atoms with E-state index in [4.69, 9.17) is 5.73 Å². The summed E-state index contributed by atoms with van der Waals surface area (Å²) in [6.45, 7) is 0.745. The first-order valence-electron chi connectivity index (χ1n) is 8.37. The van der Waals surface area contributed by atoms with Crippen molar-refractivity contribution in [3.63, 3.8) is 0 Å². The topological polar surface area (TPSA) is 55.1 Å². The first-order chi connectivity index (χ1) is 10.5. The number of rotatable bonds is 4. The molecule has 3 fully saturated rings. The molecule has 0 aliphatic heterocycles. The molecule has 22 heavy (non-hydrogen) atoms. The monoisotopic (exact) mass is 382 g/mol. The molecule has 3 saturated carbocycles. The van der Waals surface area contributed by atoms with Crippen molar-refractivity contribution < 1.29 is 4.79 Å². The molecule has 5 heteroatoms. The molecular weight excluding hydrogens is 360 g/mol. The highest BCUT2D eigenvalue weighted by Crippen LogP contribution is 2.54. The molecule has 0 radical (unpaired) electrons. The Morgan fingerprint density at radius 2 is 2.18 bits per heavy atom. The number of thiophene rings is 1. The fourth-order valence-corrected chi connectivity index (χ4v) is 6.08. The Hall–Kier alpha value is -0.390. The lowest BCUT2D eigenvalue weighted by Gasteiger charge is -2.42. The van der Waals surface area contributed by atoms with Crippen LogP contribution in [-0.4, -0.2) is 18.0 Å². The van der Waals surface area contributed by atoms with E-state index >= 15 is 0 Å². The first kappa shape index (κ1) is 15.2. The van der Waals surface area contributed by atoms with Gasteiger partial charge in [0.15, 0.2) is 0 Å². The van der Waals surface area contributed by atoms with Crippen LogP contribution in [0, 0.1) is 11.8 Å². The van der Waals surface area contributed by atoms with Gasteiger partial charge in [-0.05, 0) is 65.6 Å². The average molecular weight is 383 g/mol. The molecule has 3 N–H and O–H groups in total. The van der Waals surface area contributed by atoms with Crippen molar-refractivity contribution in [2.24, 2.45) is 17.6 Å². The zero-order valence-corrected chi connectivity index (χ0v) is 15.1. The maximum Gasteiger partial charge on any atom is 0.240 e. The van der Waals surface area contributed by atoms with Crippen LogP contribution in [0.25, 0.3) is 0 Å². The van der Waals surface area contributed by atoms with Gasteiger partial charge < -0.3 is 11.1 Å². The molecule has 3 unspecified atom stereocenters. The maximum absolute atomic E-state index is 12.7. The van der Waals surface area contributed by atoms with Gasteiger partial charge in [-0.3, -0.25) is 4.79 Å². The highest BCUT2D eigenvalue weighted by atomic mass is 79.9. The Morgan fingerprint density at radius 3 is 2.82 bits per heavy atom. The normalized spacial score (nSPS) is 35.4. The smallest absolute Gasteiger partial charge is 0.240 e. The summed E-state index contributed by atoms with van der Waals surface area (Å²) in [5.74, 6) is 1.26. The Labute approximate surface area is 144 Å². The van der Waals surface area contributed by atoms with Gasteiger partial charge in [0.05, 0.1) is 9.33 Å². The highest BCUT2D eigenvalue weighted by Gasteiger charge is 2.56. The van der Waals surface area contributed by atoms with Crippen LogP contribution in [-0.2, 0) is 10.2 Å². The number of hydrogen-bond acceptors (Lipinski definition) is 3. The van der Waals surface area contributed by atoms with Gasteiger partial charge >= 0.3 is 0 Å². The van der Waals surface area contributed by atoms with Crippen molar-refractivity contribution in [1.29, 1.82) is 0 Å². The summed E-state index contributed by atoms with van der Waals surface area (Å²) in [6.07, 6.45) is 7.99. The maximum atomic E-state index is 12.7. The van der Waals surface area contributed by atoms with E-state index in [2.05, 4.69) is 33.4 Å². The summed E-state index contributed by atoms with van der Waals surface area (Å²) in [5, 5.41) is 3.23. The van der Waals surface area contributed by atoms with Crippen molar-refractivity contribution in [2.45, 2.75) is 55.9 Å². The number of carbonyl (C=O) groups is 1. The number of fused-ring (bicyclic) bond motifs is 1. The summed E-state index contributed by atoms with van der Waals surface area (Å²) in [7, 11) is 0. The number of halogens is 1. The van der Waals surface area contributed by atoms with Crippen LogP contribution in [0.15, 0.2) is 15.9 Å². The number of nitrogens with two attached hydrogens (primary N) is 1. The summed E-state index contributed by atoms with van der Waals surface area (Å²) < 4.78 is 1.17. The minimum absolute atomic E-state index is 0.0987. The zero-order valence-electron chi connectivity index (χ0n) is 12.7. The van der Waals surface area contributed by atoms with Crippen LogP contribution in [0.4, 0.5) is 0 Å². The molecule has 0 spiro atoms. The average Bonchev–Trinajstić information content (AvgIpc) is 3.14. The molecule has 3 aliphatic rings. The van der Waals surface area contributed by atoms with Crippen LogP contribution in [0.5, 0.6) is 0 Å². The minimum Gasteiger partial charge on any atom is -0.354 e. The lowest BCUT2D eigenvalue weighted by Crippen LogP contribution is -2.59. The number of nitrogens with one attached hydrogen (secondary N) is 1. The molecule has 4 rings (SSSR count). The van der Waals surface area contributed by atoms with Gasteiger partial charge in [0.1, 0.15) is 0 Å². The van der Waals surface area contributed by atoms with Gasteiger partial charge in [-0.2, -0.15) is 0 Å². The standard InChI is InChI=1S/C17H23BrN2OS/c18-14-5-4-13(22-14)16(6-2-7-16)10-20-15(21)17(19)8-1-3-11-9-12(11)17/h4-5,11-12H,1-3,6-10,19H2,(H,20,21). The first-order valence-corrected chi connectivity index (χ1v) is 9.97. The van der Waals surface area contributed by atoms with Gasteiger partial charge in [0.2, 0.25) is 5.91 Å². The molecule has 1 heterocycles. The summed E-state index contributed by atoms with van der Waals surface area (Å²) >= 11 is 5.35. The predicted molar refractivity (Wildman–Crippen MR) is 92.9 cm³/mol. The second-order valence-corrected chi connectivity index (χ2v) is 9.92. The van der Waals surface area contributed by atoms with Crippen LogP contribution in [0.3, 0.4) is 0 Å². The third-order valence-electron chi connectivity index (χ3n) is 6.17. The van der Waals surface area contributed by atoms with E-state index in [0.29, 0.717) is 5.92 Å². The second kappa shape index (κ2) is 5.32. The van der Waals surface area contributed by atoms with Gasteiger partial charge in [-0.25, -0.2) is 0 Å². The minimum atomic E-state index is -0.593. The predicted octanol–water partition coefficient (Wildman–Crippen LogP) is 3.57. The van der Waals surface area contributed by atoms with Gasteiger partial charge in [-0.1, -0.05) is 19.3 Å². The molecule has 1 aromatic rings. The molecular formula is C17H23BrN2OS. The lowest BCUT2D eigenvalue weighted by molar-refractivity contribution is -0.128. The fourth-order valence-electron chi connectivity index (χ4n) is 4.45. The van der Waals surface area contributed by atoms with Crippen LogP contribution >= 0.6 is 27.3 Å². The van der Waals surface area contributed by atoms with Gasteiger partial charge in [0.25, 0.3) is 0 Å². The molecule has 0 aromatic carbocycles. The molecule has 1 aromatic heterocycles. The molecule has 3 nitrogen and oxygen atoms in total. The lowest BCUT2D eigenvalue weighted by atomic mass is 9.67. The van der Waals surface area contributed by atoms with E-state index < -0.39 is 5.54 Å². The largest absolute Gasteiger partial charge is 0.354 e. The van der Waals surface area contributed by atoms with Crippen molar-refractivity contribution in [2.75, 3.05) is 6.54 Å². The number of amides is 1. The zero-order chi connectivity index (χ0) is 15.4. The van der Waals surface area contributed by atoms with E-state index in [9.17, 15) is 4.79 Å². The Kier molecular flexibility index (Phi) is 3.66. The summed E-state index contributed by atoms with van der Waals surface area (Å²) in [6, 6.07) is 4.32. The van der Waals surface area contributed by atoms with Crippen LogP contribution in [0.2, 0.25) is 0 Å². The Morgan fingerprint density at radius 1 is 1.36 bits per heavy atom. The van der Waals surface area contributed by atoms with Gasteiger partial charge in [0, 0.05) is 16.8 Å². The van der Waals surface area contributed by atoms with E-state index in [1.807, 2.05) is 0 Å². The SMILES string of the molecule is NC1(C(=O)NCC2(c3ccc(Br)s3)CCC2)CCCC2CC21. The van der Waals surface area contributed by atoms with E-state index in [-0.39, 0.29) is 11.3 Å². The Bertz CT molecular complexity index is 597. The second-order valence-electron chi connectivity index (χ2n) is 7.46.